The Morgan fingerprint density at radius 1 is 0.571 bits per heavy atom. The third-order valence-corrected chi connectivity index (χ3v) is 7.71. The molecule has 0 atom stereocenters. The molecule has 35 heavy (non-hydrogen) atoms. The van der Waals surface area contributed by atoms with Crippen molar-refractivity contribution >= 4 is 10.9 Å². The summed E-state index contributed by atoms with van der Waals surface area (Å²) in [4.78, 5) is 5.27. The van der Waals surface area contributed by atoms with Crippen LogP contribution >= 0.6 is 0 Å². The molecule has 172 valence electrons. The molecule has 5 aromatic rings. The van der Waals surface area contributed by atoms with E-state index in [9.17, 15) is 0 Å². The van der Waals surface area contributed by atoms with Crippen molar-refractivity contribution < 1.29 is 0 Å². The second kappa shape index (κ2) is 7.65. The van der Waals surface area contributed by atoms with E-state index in [0.717, 1.165) is 11.2 Å². The monoisotopic (exact) mass is 453 g/mol. The standard InChI is InChI=1S/C34H31N/c1-20-11-12-23(4)26(16-20)27-18-32(24-14-21(2)13-22(3)15-24)35-33-19-31-28(17-29(27)33)25-9-7-8-10-30(25)34(31,5)6/h7-19H,1-6H3. The van der Waals surface area contributed by atoms with Gasteiger partial charge in [0.15, 0.2) is 0 Å². The van der Waals surface area contributed by atoms with Gasteiger partial charge in [-0.15, -0.1) is 0 Å². The van der Waals surface area contributed by atoms with Crippen LogP contribution in [-0.4, -0.2) is 4.98 Å². The van der Waals surface area contributed by atoms with Crippen molar-refractivity contribution in [1.82, 2.24) is 4.98 Å². The fourth-order valence-electron chi connectivity index (χ4n) is 5.94. The predicted molar refractivity (Wildman–Crippen MR) is 149 cm³/mol. The number of benzene rings is 4. The van der Waals surface area contributed by atoms with E-state index < -0.39 is 0 Å². The van der Waals surface area contributed by atoms with E-state index in [1.165, 1.54) is 66.6 Å². The summed E-state index contributed by atoms with van der Waals surface area (Å²) in [5.74, 6) is 0. The first-order valence-corrected chi connectivity index (χ1v) is 12.5. The summed E-state index contributed by atoms with van der Waals surface area (Å²) in [6.45, 7) is 13.4. The Labute approximate surface area is 208 Å². The molecule has 6 rings (SSSR count). The highest BCUT2D eigenvalue weighted by Gasteiger charge is 2.35. The smallest absolute Gasteiger partial charge is 0.0719 e. The minimum Gasteiger partial charge on any atom is -0.248 e. The molecule has 1 aliphatic carbocycles. The third-order valence-electron chi connectivity index (χ3n) is 7.71. The number of fused-ring (bicyclic) bond motifs is 4. The molecule has 0 N–H and O–H groups in total. The maximum absolute atomic E-state index is 5.27. The lowest BCUT2D eigenvalue weighted by Gasteiger charge is -2.22. The van der Waals surface area contributed by atoms with Gasteiger partial charge in [0.1, 0.15) is 0 Å². The zero-order chi connectivity index (χ0) is 24.5. The van der Waals surface area contributed by atoms with Crippen LogP contribution in [0.1, 0.15) is 47.2 Å². The van der Waals surface area contributed by atoms with Crippen LogP contribution in [0.25, 0.3) is 44.4 Å². The minimum atomic E-state index is -0.0445. The van der Waals surface area contributed by atoms with Crippen LogP contribution in [0.4, 0.5) is 0 Å². The lowest BCUT2D eigenvalue weighted by molar-refractivity contribution is 0.661. The molecule has 0 amide bonds. The van der Waals surface area contributed by atoms with E-state index in [0.29, 0.717) is 0 Å². The van der Waals surface area contributed by atoms with Gasteiger partial charge in [-0.1, -0.05) is 79.1 Å². The first-order chi connectivity index (χ1) is 16.7. The molecule has 0 saturated heterocycles. The largest absolute Gasteiger partial charge is 0.248 e. The SMILES string of the molecule is Cc1cc(C)cc(-c2cc(-c3cc(C)ccc3C)c3cc4c(cc3n2)C(C)(C)c2ccccc2-4)c1. The maximum Gasteiger partial charge on any atom is 0.0719 e. The normalized spacial score (nSPS) is 13.7. The van der Waals surface area contributed by atoms with Gasteiger partial charge >= 0.3 is 0 Å². The van der Waals surface area contributed by atoms with Crippen LogP contribution < -0.4 is 0 Å². The molecule has 0 saturated carbocycles. The molecule has 1 aliphatic rings. The second-order valence-corrected chi connectivity index (χ2v) is 10.8. The van der Waals surface area contributed by atoms with Crippen LogP contribution in [0.15, 0.2) is 78.9 Å². The van der Waals surface area contributed by atoms with Crippen molar-refractivity contribution in [2.45, 2.75) is 47.0 Å². The lowest BCUT2D eigenvalue weighted by atomic mass is 9.82. The van der Waals surface area contributed by atoms with Crippen LogP contribution in [0.2, 0.25) is 0 Å². The zero-order valence-corrected chi connectivity index (χ0v) is 21.5. The first-order valence-electron chi connectivity index (χ1n) is 12.5. The molecule has 0 fully saturated rings. The lowest BCUT2D eigenvalue weighted by Crippen LogP contribution is -2.14. The van der Waals surface area contributed by atoms with Crippen LogP contribution in [0.5, 0.6) is 0 Å². The Morgan fingerprint density at radius 3 is 2.09 bits per heavy atom. The highest BCUT2D eigenvalue weighted by atomic mass is 14.7. The zero-order valence-electron chi connectivity index (χ0n) is 21.5. The second-order valence-electron chi connectivity index (χ2n) is 10.8. The molecule has 0 bridgehead atoms. The van der Waals surface area contributed by atoms with Crippen molar-refractivity contribution in [3.8, 4) is 33.5 Å². The van der Waals surface area contributed by atoms with Gasteiger partial charge in [-0.2, -0.15) is 0 Å². The molecule has 0 spiro atoms. The molecule has 1 aromatic heterocycles. The number of rotatable bonds is 2. The molecule has 1 heteroatoms. The Balaban J connectivity index is 1.72. The molecule has 1 heterocycles. The summed E-state index contributed by atoms with van der Waals surface area (Å²) in [7, 11) is 0. The van der Waals surface area contributed by atoms with E-state index in [1.807, 2.05) is 0 Å². The number of hydrogen-bond acceptors (Lipinski definition) is 1. The predicted octanol–water partition coefficient (Wildman–Crippen LogP) is 9.11. The molecule has 4 aromatic carbocycles. The highest BCUT2D eigenvalue weighted by Crippen LogP contribution is 2.50. The van der Waals surface area contributed by atoms with Crippen LogP contribution in [0.3, 0.4) is 0 Å². The average Bonchev–Trinajstić information content (AvgIpc) is 3.05. The Bertz CT molecular complexity index is 1630. The topological polar surface area (TPSA) is 12.9 Å². The van der Waals surface area contributed by atoms with Gasteiger partial charge < -0.3 is 0 Å². The molecule has 0 aliphatic heterocycles. The van der Waals surface area contributed by atoms with Gasteiger partial charge in [-0.05, 0) is 97.0 Å². The summed E-state index contributed by atoms with van der Waals surface area (Å²) in [6.07, 6.45) is 0. The Morgan fingerprint density at radius 2 is 1.31 bits per heavy atom. The molecular weight excluding hydrogens is 422 g/mol. The summed E-state index contributed by atoms with van der Waals surface area (Å²) in [5, 5.41) is 1.22. The number of aryl methyl sites for hydroxylation is 4. The van der Waals surface area contributed by atoms with Crippen molar-refractivity contribution in [3.63, 3.8) is 0 Å². The maximum atomic E-state index is 5.27. The van der Waals surface area contributed by atoms with Gasteiger partial charge in [0.25, 0.3) is 0 Å². The number of aromatic nitrogens is 1. The van der Waals surface area contributed by atoms with E-state index in [4.69, 9.17) is 4.98 Å². The van der Waals surface area contributed by atoms with Gasteiger partial charge in [0.2, 0.25) is 0 Å². The summed E-state index contributed by atoms with van der Waals surface area (Å²) < 4.78 is 0. The van der Waals surface area contributed by atoms with Gasteiger partial charge in [-0.25, -0.2) is 4.98 Å². The van der Waals surface area contributed by atoms with E-state index in [2.05, 4.69) is 120 Å². The fourth-order valence-corrected chi connectivity index (χ4v) is 5.94. The Hall–Kier alpha value is -3.71. The third kappa shape index (κ3) is 3.41. The summed E-state index contributed by atoms with van der Waals surface area (Å²) >= 11 is 0. The number of nitrogens with zero attached hydrogens (tertiary/aromatic N) is 1. The fraction of sp³-hybridized carbons (Fsp3) is 0.206. The summed E-state index contributed by atoms with van der Waals surface area (Å²) in [6, 6.07) is 29.4. The van der Waals surface area contributed by atoms with Gasteiger partial charge in [-0.3, -0.25) is 0 Å². The van der Waals surface area contributed by atoms with Crippen molar-refractivity contribution in [2.75, 3.05) is 0 Å². The van der Waals surface area contributed by atoms with Crippen molar-refractivity contribution in [2.24, 2.45) is 0 Å². The van der Waals surface area contributed by atoms with Crippen molar-refractivity contribution in [1.29, 1.82) is 0 Å². The van der Waals surface area contributed by atoms with Crippen LogP contribution in [-0.2, 0) is 5.41 Å². The van der Waals surface area contributed by atoms with Gasteiger partial charge in [0.05, 0.1) is 11.2 Å². The average molecular weight is 454 g/mol. The van der Waals surface area contributed by atoms with Gasteiger partial charge in [0, 0.05) is 16.4 Å². The molecule has 0 unspecified atom stereocenters. The number of pyridine rings is 1. The van der Waals surface area contributed by atoms with Crippen molar-refractivity contribution in [3.05, 3.63) is 112 Å². The molecule has 0 radical (unpaired) electrons. The molecular formula is C34H31N. The Kier molecular flexibility index (Phi) is 4.76. The van der Waals surface area contributed by atoms with E-state index >= 15 is 0 Å². The van der Waals surface area contributed by atoms with E-state index in [1.54, 1.807) is 0 Å². The highest BCUT2D eigenvalue weighted by molar-refractivity contribution is 6.02. The quantitative estimate of drug-likeness (QED) is 0.260. The summed E-state index contributed by atoms with van der Waals surface area (Å²) in [5.41, 5.74) is 16.3. The molecule has 1 nitrogen and oxygen atoms in total. The number of hydrogen-bond donors (Lipinski definition) is 0. The first kappa shape index (κ1) is 21.8. The van der Waals surface area contributed by atoms with E-state index in [-0.39, 0.29) is 5.41 Å². The minimum absolute atomic E-state index is 0.0445. The van der Waals surface area contributed by atoms with Crippen LogP contribution in [0, 0.1) is 27.7 Å².